The van der Waals surface area contributed by atoms with Crippen LogP contribution in [0.15, 0.2) is 0 Å². The third-order valence-corrected chi connectivity index (χ3v) is 1.40. The summed E-state index contributed by atoms with van der Waals surface area (Å²) in [6.45, 7) is 1.24. The van der Waals surface area contributed by atoms with Crippen LogP contribution in [0.5, 0.6) is 0 Å². The minimum Gasteiger partial charge on any atom is -0.248 e. The Morgan fingerprint density at radius 1 is 1.25 bits per heavy atom. The lowest BCUT2D eigenvalue weighted by molar-refractivity contribution is -0.0974. The molecule has 0 aliphatic heterocycles. The number of halogens is 5. The largest absolute Gasteiger partial charge is 0.284 e. The van der Waals surface area contributed by atoms with Crippen molar-refractivity contribution in [3.8, 4) is 0 Å². The molecular weight excluding hydrogens is 179 g/mol. The van der Waals surface area contributed by atoms with Gasteiger partial charge in [-0.2, -0.15) is 0 Å². The number of hydrogen-bond acceptors (Lipinski definition) is 0. The molecule has 0 aromatic rings. The lowest BCUT2D eigenvalue weighted by atomic mass is 10.1. The van der Waals surface area contributed by atoms with Gasteiger partial charge < -0.3 is 0 Å². The van der Waals surface area contributed by atoms with Gasteiger partial charge in [0.1, 0.15) is 12.8 Å². The Balaban J connectivity index is 4.02. The highest BCUT2D eigenvalue weighted by molar-refractivity contribution is 4.80. The first-order valence-corrected chi connectivity index (χ1v) is 3.45. The number of alkyl halides is 5. The molecule has 0 aliphatic rings. The van der Waals surface area contributed by atoms with Crippen molar-refractivity contribution < 1.29 is 22.0 Å². The summed E-state index contributed by atoms with van der Waals surface area (Å²) >= 11 is 0. The third-order valence-electron chi connectivity index (χ3n) is 1.40. The molecule has 0 spiro atoms. The highest BCUT2D eigenvalue weighted by Crippen LogP contribution is 2.29. The minimum absolute atomic E-state index is 0.366. The normalized spacial score (nSPS) is 17.5. The van der Waals surface area contributed by atoms with E-state index in [4.69, 9.17) is 0 Å². The molecule has 0 heterocycles. The van der Waals surface area contributed by atoms with Crippen LogP contribution in [-0.4, -0.2) is 24.9 Å². The first-order chi connectivity index (χ1) is 5.44. The zero-order chi connectivity index (χ0) is 9.78. The molecule has 0 nitrogen and oxygen atoms in total. The summed E-state index contributed by atoms with van der Waals surface area (Å²) in [5.74, 6) is -3.92. The first-order valence-electron chi connectivity index (χ1n) is 3.45. The third kappa shape index (κ3) is 3.36. The van der Waals surface area contributed by atoms with Gasteiger partial charge in [0.25, 0.3) is 5.92 Å². The Morgan fingerprint density at radius 2 is 1.75 bits per heavy atom. The van der Waals surface area contributed by atoms with Crippen LogP contribution in [0.4, 0.5) is 22.0 Å². The van der Waals surface area contributed by atoms with Crippen molar-refractivity contribution in [3.05, 3.63) is 6.92 Å². The molecule has 0 rings (SSSR count). The Hall–Kier alpha value is -0.350. The SMILES string of the molecule is [CH2]CC(F)CC(F)(F)[C@@H](F)CF. The second-order valence-corrected chi connectivity index (χ2v) is 2.47. The molecule has 12 heavy (non-hydrogen) atoms. The zero-order valence-electron chi connectivity index (χ0n) is 6.37. The minimum atomic E-state index is -3.92. The highest BCUT2D eigenvalue weighted by atomic mass is 19.3. The van der Waals surface area contributed by atoms with Gasteiger partial charge >= 0.3 is 0 Å². The fraction of sp³-hybridized carbons (Fsp3) is 0.857. The van der Waals surface area contributed by atoms with Gasteiger partial charge in [-0.25, -0.2) is 22.0 Å². The summed E-state index contributed by atoms with van der Waals surface area (Å²) < 4.78 is 60.6. The second kappa shape index (κ2) is 4.62. The second-order valence-electron chi connectivity index (χ2n) is 2.47. The fourth-order valence-electron chi connectivity index (χ4n) is 0.638. The van der Waals surface area contributed by atoms with Crippen LogP contribution in [0.25, 0.3) is 0 Å². The van der Waals surface area contributed by atoms with Crippen molar-refractivity contribution in [2.24, 2.45) is 0 Å². The topological polar surface area (TPSA) is 0 Å². The molecule has 0 bridgehead atoms. The molecule has 0 amide bonds. The van der Waals surface area contributed by atoms with Crippen LogP contribution in [0.1, 0.15) is 12.8 Å². The summed E-state index contributed by atoms with van der Waals surface area (Å²) in [7, 11) is 0. The zero-order valence-corrected chi connectivity index (χ0v) is 6.37. The molecule has 0 fully saturated rings. The quantitative estimate of drug-likeness (QED) is 0.583. The van der Waals surface area contributed by atoms with Gasteiger partial charge in [-0.15, -0.1) is 0 Å². The van der Waals surface area contributed by atoms with E-state index in [0.717, 1.165) is 0 Å². The van der Waals surface area contributed by atoms with E-state index in [2.05, 4.69) is 6.92 Å². The molecule has 0 aromatic heterocycles. The van der Waals surface area contributed by atoms with Crippen LogP contribution in [0.2, 0.25) is 0 Å². The monoisotopic (exact) mass is 189 g/mol. The molecule has 0 aliphatic carbocycles. The number of hydrogen-bond donors (Lipinski definition) is 0. The molecule has 1 radical (unpaired) electrons. The van der Waals surface area contributed by atoms with Gasteiger partial charge in [-0.3, -0.25) is 0 Å². The van der Waals surface area contributed by atoms with Crippen LogP contribution in [0.3, 0.4) is 0 Å². The van der Waals surface area contributed by atoms with Crippen molar-refractivity contribution in [3.63, 3.8) is 0 Å². The van der Waals surface area contributed by atoms with Gasteiger partial charge in [-0.05, 0) is 6.42 Å². The lowest BCUT2D eigenvalue weighted by Crippen LogP contribution is -2.34. The molecule has 1 unspecified atom stereocenters. The Kier molecular flexibility index (Phi) is 4.49. The first kappa shape index (κ1) is 11.6. The van der Waals surface area contributed by atoms with E-state index in [1.807, 2.05) is 0 Å². The van der Waals surface area contributed by atoms with E-state index in [-0.39, 0.29) is 6.42 Å². The van der Waals surface area contributed by atoms with Crippen LogP contribution >= 0.6 is 0 Å². The Labute approximate surface area is 67.8 Å². The van der Waals surface area contributed by atoms with Crippen LogP contribution in [0, 0.1) is 6.92 Å². The van der Waals surface area contributed by atoms with Crippen molar-refractivity contribution in [1.29, 1.82) is 0 Å². The van der Waals surface area contributed by atoms with Crippen molar-refractivity contribution in [1.82, 2.24) is 0 Å². The van der Waals surface area contributed by atoms with Gasteiger partial charge in [0.05, 0.1) is 0 Å². The predicted octanol–water partition coefficient (Wildman–Crippen LogP) is 2.88. The molecule has 5 heteroatoms. The standard InChI is InChI=1S/C7H10F5/c1-2-5(9)3-7(11,12)6(10)4-8/h5-6H,1-4H2/t5?,6-/m0/s1. The molecule has 0 aromatic carbocycles. The van der Waals surface area contributed by atoms with Gasteiger partial charge in [-0.1, -0.05) is 6.92 Å². The lowest BCUT2D eigenvalue weighted by Gasteiger charge is -2.19. The van der Waals surface area contributed by atoms with Crippen LogP contribution in [-0.2, 0) is 0 Å². The smallest absolute Gasteiger partial charge is 0.248 e. The van der Waals surface area contributed by atoms with Gasteiger partial charge in [0.15, 0.2) is 6.17 Å². The van der Waals surface area contributed by atoms with E-state index in [1.54, 1.807) is 0 Å². The molecular formula is C7H10F5. The summed E-state index contributed by atoms with van der Waals surface area (Å²) in [6.07, 6.45) is -6.47. The summed E-state index contributed by atoms with van der Waals surface area (Å²) in [5, 5.41) is 0. The van der Waals surface area contributed by atoms with E-state index < -0.39 is 31.4 Å². The van der Waals surface area contributed by atoms with E-state index >= 15 is 0 Å². The van der Waals surface area contributed by atoms with E-state index in [0.29, 0.717) is 0 Å². The fourth-order valence-corrected chi connectivity index (χ4v) is 0.638. The average Bonchev–Trinajstić information content (AvgIpc) is 2.02. The molecule has 73 valence electrons. The van der Waals surface area contributed by atoms with Gasteiger partial charge in [0, 0.05) is 6.42 Å². The highest BCUT2D eigenvalue weighted by Gasteiger charge is 2.41. The Bertz CT molecular complexity index is 125. The molecule has 0 saturated carbocycles. The van der Waals surface area contributed by atoms with Crippen LogP contribution < -0.4 is 0 Å². The predicted molar refractivity (Wildman–Crippen MR) is 35.3 cm³/mol. The van der Waals surface area contributed by atoms with E-state index in [1.165, 1.54) is 0 Å². The maximum Gasteiger partial charge on any atom is 0.284 e. The summed E-state index contributed by atoms with van der Waals surface area (Å²) in [6, 6.07) is 0. The number of rotatable bonds is 5. The van der Waals surface area contributed by atoms with E-state index in [9.17, 15) is 22.0 Å². The van der Waals surface area contributed by atoms with Crippen molar-refractivity contribution >= 4 is 0 Å². The Morgan fingerprint density at radius 3 is 2.08 bits per heavy atom. The summed E-state index contributed by atoms with van der Waals surface area (Å²) in [4.78, 5) is 0. The van der Waals surface area contributed by atoms with Crippen molar-refractivity contribution in [2.45, 2.75) is 31.1 Å². The average molecular weight is 189 g/mol. The van der Waals surface area contributed by atoms with Crippen molar-refractivity contribution in [2.75, 3.05) is 6.67 Å². The molecule has 0 N–H and O–H groups in total. The van der Waals surface area contributed by atoms with Gasteiger partial charge in [0.2, 0.25) is 0 Å². The molecule has 0 saturated heterocycles. The maximum absolute atomic E-state index is 12.4. The summed E-state index contributed by atoms with van der Waals surface area (Å²) in [5.41, 5.74) is 0. The molecule has 2 atom stereocenters. The maximum atomic E-state index is 12.4.